The minimum absolute atomic E-state index is 0.00716. The molecule has 0 radical (unpaired) electrons. The summed E-state index contributed by atoms with van der Waals surface area (Å²) < 4.78 is 0. The molecule has 1 aromatic carbocycles. The molecule has 0 aliphatic heterocycles. The maximum absolute atomic E-state index is 12.0. The van der Waals surface area contributed by atoms with Gasteiger partial charge in [0.15, 0.2) is 0 Å². The molecule has 0 saturated heterocycles. The highest BCUT2D eigenvalue weighted by molar-refractivity contribution is 7.10. The molecule has 0 saturated carbocycles. The van der Waals surface area contributed by atoms with Gasteiger partial charge in [0, 0.05) is 4.88 Å². The number of rotatable bonds is 4. The lowest BCUT2D eigenvalue weighted by Crippen LogP contribution is -2.35. The molecule has 2 unspecified atom stereocenters. The van der Waals surface area contributed by atoms with Gasteiger partial charge in [0.1, 0.15) is 6.04 Å². The van der Waals surface area contributed by atoms with E-state index in [4.69, 9.17) is 5.73 Å². The van der Waals surface area contributed by atoms with Crippen molar-refractivity contribution in [2.75, 3.05) is 0 Å². The molecule has 4 heteroatoms. The first kappa shape index (κ1) is 12.8. The van der Waals surface area contributed by atoms with Crippen LogP contribution in [0.3, 0.4) is 0 Å². The Hall–Kier alpha value is -1.65. The summed E-state index contributed by atoms with van der Waals surface area (Å²) in [4.78, 5) is 13.1. The molecule has 1 amide bonds. The summed E-state index contributed by atoms with van der Waals surface area (Å²) in [6, 6.07) is 12.7. The van der Waals surface area contributed by atoms with Crippen molar-refractivity contribution in [2.24, 2.45) is 5.73 Å². The van der Waals surface area contributed by atoms with Gasteiger partial charge < -0.3 is 11.1 Å². The Kier molecular flexibility index (Phi) is 4.12. The summed E-state index contributed by atoms with van der Waals surface area (Å²) in [5.41, 5.74) is 6.76. The van der Waals surface area contributed by atoms with Crippen LogP contribution in [-0.2, 0) is 4.79 Å². The maximum atomic E-state index is 12.0. The van der Waals surface area contributed by atoms with Crippen molar-refractivity contribution in [1.29, 1.82) is 0 Å². The summed E-state index contributed by atoms with van der Waals surface area (Å²) in [5.74, 6) is -0.151. The summed E-state index contributed by atoms with van der Waals surface area (Å²) in [7, 11) is 0. The average Bonchev–Trinajstić information content (AvgIpc) is 2.92. The van der Waals surface area contributed by atoms with Crippen molar-refractivity contribution >= 4 is 17.2 Å². The van der Waals surface area contributed by atoms with Crippen molar-refractivity contribution in [3.8, 4) is 0 Å². The fourth-order valence-electron chi connectivity index (χ4n) is 1.72. The first-order chi connectivity index (χ1) is 8.68. The van der Waals surface area contributed by atoms with Crippen LogP contribution in [0, 0.1) is 0 Å². The van der Waals surface area contributed by atoms with Gasteiger partial charge in [-0.1, -0.05) is 36.4 Å². The van der Waals surface area contributed by atoms with Gasteiger partial charge in [-0.3, -0.25) is 4.79 Å². The second-order valence-corrected chi connectivity index (χ2v) is 5.11. The molecule has 94 valence electrons. The number of hydrogen-bond acceptors (Lipinski definition) is 3. The minimum Gasteiger partial charge on any atom is -0.347 e. The Labute approximate surface area is 111 Å². The Balaban J connectivity index is 2.00. The fourth-order valence-corrected chi connectivity index (χ4v) is 2.46. The summed E-state index contributed by atoms with van der Waals surface area (Å²) in [5, 5.41) is 4.92. The van der Waals surface area contributed by atoms with E-state index in [1.807, 2.05) is 54.8 Å². The first-order valence-corrected chi connectivity index (χ1v) is 6.71. The van der Waals surface area contributed by atoms with E-state index in [0.717, 1.165) is 10.4 Å². The molecule has 0 aliphatic rings. The van der Waals surface area contributed by atoms with Crippen LogP contribution in [0.15, 0.2) is 47.8 Å². The van der Waals surface area contributed by atoms with Crippen molar-refractivity contribution < 1.29 is 4.79 Å². The second-order valence-electron chi connectivity index (χ2n) is 4.13. The molecular formula is C14H16N2OS. The van der Waals surface area contributed by atoms with Crippen LogP contribution >= 0.6 is 11.3 Å². The van der Waals surface area contributed by atoms with Gasteiger partial charge in [0.25, 0.3) is 0 Å². The van der Waals surface area contributed by atoms with Crippen LogP contribution in [0.1, 0.15) is 29.4 Å². The third-order valence-corrected chi connectivity index (χ3v) is 3.82. The van der Waals surface area contributed by atoms with Gasteiger partial charge in [0.05, 0.1) is 6.04 Å². The number of nitrogens with two attached hydrogens (primary N) is 1. The van der Waals surface area contributed by atoms with Crippen molar-refractivity contribution in [3.05, 3.63) is 58.3 Å². The SMILES string of the molecule is CC(NC(=O)C(N)c1ccccc1)c1cccs1. The van der Waals surface area contributed by atoms with Gasteiger partial charge in [-0.2, -0.15) is 0 Å². The number of hydrogen-bond donors (Lipinski definition) is 2. The number of carbonyl (C=O) groups is 1. The molecule has 2 aromatic rings. The average molecular weight is 260 g/mol. The van der Waals surface area contributed by atoms with Crippen LogP contribution in [-0.4, -0.2) is 5.91 Å². The molecule has 1 aromatic heterocycles. The van der Waals surface area contributed by atoms with E-state index in [9.17, 15) is 4.79 Å². The third-order valence-electron chi connectivity index (χ3n) is 2.77. The normalized spacial score (nSPS) is 13.9. The van der Waals surface area contributed by atoms with E-state index in [-0.39, 0.29) is 11.9 Å². The van der Waals surface area contributed by atoms with E-state index in [1.165, 1.54) is 0 Å². The number of thiophene rings is 1. The summed E-state index contributed by atoms with van der Waals surface area (Å²) in [6.07, 6.45) is 0. The van der Waals surface area contributed by atoms with E-state index in [0.29, 0.717) is 0 Å². The van der Waals surface area contributed by atoms with E-state index in [2.05, 4.69) is 5.32 Å². The topological polar surface area (TPSA) is 55.1 Å². The zero-order chi connectivity index (χ0) is 13.0. The summed E-state index contributed by atoms with van der Waals surface area (Å²) >= 11 is 1.62. The zero-order valence-electron chi connectivity index (χ0n) is 10.2. The predicted molar refractivity (Wildman–Crippen MR) is 74.2 cm³/mol. The Morgan fingerprint density at radius 1 is 1.22 bits per heavy atom. The lowest BCUT2D eigenvalue weighted by molar-refractivity contribution is -0.123. The second kappa shape index (κ2) is 5.80. The number of benzene rings is 1. The molecule has 3 N–H and O–H groups in total. The van der Waals surface area contributed by atoms with E-state index >= 15 is 0 Å². The lowest BCUT2D eigenvalue weighted by atomic mass is 10.1. The van der Waals surface area contributed by atoms with E-state index < -0.39 is 6.04 Å². The van der Waals surface area contributed by atoms with Gasteiger partial charge in [-0.05, 0) is 23.9 Å². The highest BCUT2D eigenvalue weighted by Crippen LogP contribution is 2.19. The fraction of sp³-hybridized carbons (Fsp3) is 0.214. The van der Waals surface area contributed by atoms with Crippen molar-refractivity contribution in [1.82, 2.24) is 5.32 Å². The number of nitrogens with one attached hydrogen (secondary N) is 1. The smallest absolute Gasteiger partial charge is 0.242 e. The van der Waals surface area contributed by atoms with Crippen LogP contribution in [0.25, 0.3) is 0 Å². The van der Waals surface area contributed by atoms with Crippen molar-refractivity contribution in [2.45, 2.75) is 19.0 Å². The quantitative estimate of drug-likeness (QED) is 0.888. The molecule has 2 rings (SSSR count). The van der Waals surface area contributed by atoms with Crippen LogP contribution in [0.5, 0.6) is 0 Å². The standard InChI is InChI=1S/C14H16N2OS/c1-10(12-8-5-9-18-12)16-14(17)13(15)11-6-3-2-4-7-11/h2-10,13H,15H2,1H3,(H,16,17). The number of amides is 1. The molecule has 18 heavy (non-hydrogen) atoms. The Bertz CT molecular complexity index is 496. The summed E-state index contributed by atoms with van der Waals surface area (Å²) in [6.45, 7) is 1.96. The predicted octanol–water partition coefficient (Wildman–Crippen LogP) is 2.63. The third kappa shape index (κ3) is 2.97. The maximum Gasteiger partial charge on any atom is 0.242 e. The van der Waals surface area contributed by atoms with Gasteiger partial charge in [-0.15, -0.1) is 11.3 Å². The van der Waals surface area contributed by atoms with Crippen LogP contribution in [0.4, 0.5) is 0 Å². The van der Waals surface area contributed by atoms with Gasteiger partial charge in [0.2, 0.25) is 5.91 Å². The lowest BCUT2D eigenvalue weighted by Gasteiger charge is -2.16. The number of carbonyl (C=O) groups excluding carboxylic acids is 1. The van der Waals surface area contributed by atoms with Crippen LogP contribution in [0.2, 0.25) is 0 Å². The molecule has 0 aliphatic carbocycles. The first-order valence-electron chi connectivity index (χ1n) is 5.83. The molecule has 0 spiro atoms. The molecule has 3 nitrogen and oxygen atoms in total. The van der Waals surface area contributed by atoms with Crippen molar-refractivity contribution in [3.63, 3.8) is 0 Å². The van der Waals surface area contributed by atoms with Gasteiger partial charge in [-0.25, -0.2) is 0 Å². The van der Waals surface area contributed by atoms with E-state index in [1.54, 1.807) is 11.3 Å². The monoisotopic (exact) mass is 260 g/mol. The molecule has 0 bridgehead atoms. The minimum atomic E-state index is -0.617. The zero-order valence-corrected chi connectivity index (χ0v) is 11.0. The molecular weight excluding hydrogens is 244 g/mol. The van der Waals surface area contributed by atoms with Crippen LogP contribution < -0.4 is 11.1 Å². The Morgan fingerprint density at radius 3 is 2.56 bits per heavy atom. The Morgan fingerprint density at radius 2 is 1.94 bits per heavy atom. The highest BCUT2D eigenvalue weighted by Gasteiger charge is 2.18. The highest BCUT2D eigenvalue weighted by atomic mass is 32.1. The largest absolute Gasteiger partial charge is 0.347 e. The molecule has 2 atom stereocenters. The molecule has 0 fully saturated rings. The van der Waals surface area contributed by atoms with Gasteiger partial charge >= 0.3 is 0 Å². The molecule has 1 heterocycles.